The van der Waals surface area contributed by atoms with Crippen LogP contribution in [0.4, 0.5) is 5.95 Å². The van der Waals surface area contributed by atoms with Gasteiger partial charge < -0.3 is 19.9 Å². The summed E-state index contributed by atoms with van der Waals surface area (Å²) in [6, 6.07) is 10.4. The molecule has 1 aliphatic heterocycles. The van der Waals surface area contributed by atoms with Crippen LogP contribution in [0.15, 0.2) is 47.7 Å². The normalized spacial score (nSPS) is 15.1. The smallest absolute Gasteiger partial charge is 0.225 e. The van der Waals surface area contributed by atoms with Gasteiger partial charge in [-0.25, -0.2) is 9.97 Å². The van der Waals surface area contributed by atoms with Crippen molar-refractivity contribution in [2.24, 2.45) is 4.99 Å². The van der Waals surface area contributed by atoms with Gasteiger partial charge in [0.05, 0.1) is 6.61 Å². The Hall–Kier alpha value is -2.67. The molecule has 0 unspecified atom stereocenters. The molecule has 2 aromatic rings. The number of benzene rings is 1. The zero-order valence-corrected chi connectivity index (χ0v) is 16.1. The zero-order chi connectivity index (χ0) is 18.9. The van der Waals surface area contributed by atoms with Gasteiger partial charge >= 0.3 is 0 Å². The van der Waals surface area contributed by atoms with E-state index in [2.05, 4.69) is 54.3 Å². The van der Waals surface area contributed by atoms with Crippen LogP contribution < -0.4 is 10.2 Å². The largest absolute Gasteiger partial charge is 0.377 e. The first-order valence-electron chi connectivity index (χ1n) is 9.43. The number of guanidine groups is 1. The van der Waals surface area contributed by atoms with Gasteiger partial charge in [-0.1, -0.05) is 24.3 Å². The molecule has 27 heavy (non-hydrogen) atoms. The van der Waals surface area contributed by atoms with Gasteiger partial charge in [-0.2, -0.15) is 0 Å². The number of anilines is 1. The highest BCUT2D eigenvalue weighted by atomic mass is 16.5. The van der Waals surface area contributed by atoms with E-state index in [1.807, 2.05) is 20.0 Å². The monoisotopic (exact) mass is 368 g/mol. The molecule has 1 aliphatic rings. The molecule has 1 aromatic carbocycles. The van der Waals surface area contributed by atoms with Crippen molar-refractivity contribution >= 4 is 11.9 Å². The van der Waals surface area contributed by atoms with Crippen LogP contribution in [0.25, 0.3) is 0 Å². The minimum Gasteiger partial charge on any atom is -0.377 e. The quantitative estimate of drug-likeness (QED) is 0.621. The number of aliphatic imine (C=N–C) groups is 1. The van der Waals surface area contributed by atoms with Crippen molar-refractivity contribution < 1.29 is 4.74 Å². The minimum absolute atomic E-state index is 0.668. The lowest BCUT2D eigenvalue weighted by Crippen LogP contribution is -2.52. The summed E-state index contributed by atoms with van der Waals surface area (Å²) < 4.78 is 5.44. The summed E-state index contributed by atoms with van der Waals surface area (Å²) in [4.78, 5) is 17.6. The summed E-state index contributed by atoms with van der Waals surface area (Å²) in [5.41, 5.74) is 2.43. The molecule has 1 aromatic heterocycles. The summed E-state index contributed by atoms with van der Waals surface area (Å²) in [7, 11) is 1.83. The molecule has 0 aliphatic carbocycles. The van der Waals surface area contributed by atoms with Gasteiger partial charge in [0.15, 0.2) is 5.96 Å². The van der Waals surface area contributed by atoms with Crippen LogP contribution in [0.3, 0.4) is 0 Å². The fourth-order valence-electron chi connectivity index (χ4n) is 3.06. The maximum Gasteiger partial charge on any atom is 0.225 e. The van der Waals surface area contributed by atoms with Crippen molar-refractivity contribution in [2.45, 2.75) is 20.1 Å². The summed E-state index contributed by atoms with van der Waals surface area (Å²) in [5.74, 6) is 1.73. The molecule has 0 atom stereocenters. The molecule has 0 bridgehead atoms. The van der Waals surface area contributed by atoms with Crippen molar-refractivity contribution in [1.82, 2.24) is 20.2 Å². The van der Waals surface area contributed by atoms with Crippen molar-refractivity contribution in [3.63, 3.8) is 0 Å². The van der Waals surface area contributed by atoms with E-state index in [-0.39, 0.29) is 0 Å². The van der Waals surface area contributed by atoms with Crippen molar-refractivity contribution in [3.05, 3.63) is 53.9 Å². The third kappa shape index (κ3) is 5.40. The van der Waals surface area contributed by atoms with E-state index >= 15 is 0 Å². The van der Waals surface area contributed by atoms with Gasteiger partial charge in [0.1, 0.15) is 0 Å². The molecule has 7 nitrogen and oxygen atoms in total. The topological polar surface area (TPSA) is 65.9 Å². The molecule has 0 radical (unpaired) electrons. The second-order valence-corrected chi connectivity index (χ2v) is 6.38. The fourth-order valence-corrected chi connectivity index (χ4v) is 3.06. The van der Waals surface area contributed by atoms with Crippen molar-refractivity contribution in [2.75, 3.05) is 44.7 Å². The average Bonchev–Trinajstić information content (AvgIpc) is 2.74. The molecule has 1 saturated heterocycles. The van der Waals surface area contributed by atoms with Gasteiger partial charge in [0, 0.05) is 58.8 Å². The maximum atomic E-state index is 5.44. The van der Waals surface area contributed by atoms with Gasteiger partial charge in [0.25, 0.3) is 0 Å². The second-order valence-electron chi connectivity index (χ2n) is 6.38. The van der Waals surface area contributed by atoms with E-state index in [0.717, 1.165) is 51.2 Å². The van der Waals surface area contributed by atoms with E-state index in [0.29, 0.717) is 6.61 Å². The highest BCUT2D eigenvalue weighted by molar-refractivity contribution is 5.80. The summed E-state index contributed by atoms with van der Waals surface area (Å²) >= 11 is 0. The molecule has 144 valence electrons. The third-order valence-corrected chi connectivity index (χ3v) is 4.57. The van der Waals surface area contributed by atoms with E-state index < -0.39 is 0 Å². The standard InChI is InChI=1S/C20H28N6O/c1-3-27-16-18-7-5-17(6-8-18)15-24-19(21-2)25-11-13-26(14-12-25)20-22-9-4-10-23-20/h4-10H,3,11-16H2,1-2H3,(H,21,24). The highest BCUT2D eigenvalue weighted by Crippen LogP contribution is 2.10. The first-order chi connectivity index (χ1) is 13.3. The first-order valence-corrected chi connectivity index (χ1v) is 9.43. The minimum atomic E-state index is 0.668. The van der Waals surface area contributed by atoms with E-state index in [4.69, 9.17) is 4.74 Å². The zero-order valence-electron chi connectivity index (χ0n) is 16.1. The molecule has 3 rings (SSSR count). The van der Waals surface area contributed by atoms with Crippen LogP contribution in [-0.4, -0.2) is 60.7 Å². The number of hydrogen-bond acceptors (Lipinski definition) is 5. The Morgan fingerprint density at radius 3 is 2.37 bits per heavy atom. The fraction of sp³-hybridized carbons (Fsp3) is 0.450. The number of rotatable bonds is 6. The SMILES string of the molecule is CCOCc1ccc(CNC(=NC)N2CCN(c3ncccn3)CC2)cc1. The molecule has 0 saturated carbocycles. The van der Waals surface area contributed by atoms with Gasteiger partial charge in [-0.3, -0.25) is 4.99 Å². The van der Waals surface area contributed by atoms with Crippen LogP contribution >= 0.6 is 0 Å². The highest BCUT2D eigenvalue weighted by Gasteiger charge is 2.20. The molecular weight excluding hydrogens is 340 g/mol. The predicted molar refractivity (Wildman–Crippen MR) is 108 cm³/mol. The van der Waals surface area contributed by atoms with Crippen LogP contribution in [0.1, 0.15) is 18.1 Å². The summed E-state index contributed by atoms with van der Waals surface area (Å²) in [5, 5.41) is 3.47. The van der Waals surface area contributed by atoms with E-state index in [1.54, 1.807) is 12.4 Å². The predicted octanol–water partition coefficient (Wildman–Crippen LogP) is 1.91. The third-order valence-electron chi connectivity index (χ3n) is 4.57. The molecule has 1 N–H and O–H groups in total. The lowest BCUT2D eigenvalue weighted by atomic mass is 10.1. The second kappa shape index (κ2) is 9.87. The van der Waals surface area contributed by atoms with E-state index in [9.17, 15) is 0 Å². The average molecular weight is 368 g/mol. The summed E-state index contributed by atoms with van der Waals surface area (Å²) in [6.07, 6.45) is 3.57. The molecule has 0 spiro atoms. The van der Waals surface area contributed by atoms with Crippen LogP contribution in [-0.2, 0) is 17.9 Å². The number of nitrogens with zero attached hydrogens (tertiary/aromatic N) is 5. The Morgan fingerprint density at radius 1 is 1.07 bits per heavy atom. The number of ether oxygens (including phenoxy) is 1. The molecule has 1 fully saturated rings. The number of aromatic nitrogens is 2. The number of nitrogens with one attached hydrogen (secondary N) is 1. The van der Waals surface area contributed by atoms with Crippen molar-refractivity contribution in [1.29, 1.82) is 0 Å². The van der Waals surface area contributed by atoms with Gasteiger partial charge in [0.2, 0.25) is 5.95 Å². The van der Waals surface area contributed by atoms with Crippen LogP contribution in [0.5, 0.6) is 0 Å². The van der Waals surface area contributed by atoms with Gasteiger partial charge in [-0.15, -0.1) is 0 Å². The van der Waals surface area contributed by atoms with Crippen LogP contribution in [0, 0.1) is 0 Å². The first kappa shape index (κ1) is 19.1. The van der Waals surface area contributed by atoms with Crippen LogP contribution in [0.2, 0.25) is 0 Å². The molecular formula is C20H28N6O. The molecule has 0 amide bonds. The Morgan fingerprint density at radius 2 is 1.74 bits per heavy atom. The molecule has 7 heteroatoms. The Kier molecular flexibility index (Phi) is 6.98. The number of piperazine rings is 1. The van der Waals surface area contributed by atoms with Crippen molar-refractivity contribution in [3.8, 4) is 0 Å². The lowest BCUT2D eigenvalue weighted by molar-refractivity contribution is 0.134. The Labute approximate surface area is 161 Å². The maximum absolute atomic E-state index is 5.44. The Bertz CT molecular complexity index is 711. The number of hydrogen-bond donors (Lipinski definition) is 1. The van der Waals surface area contributed by atoms with Gasteiger partial charge in [-0.05, 0) is 24.1 Å². The van der Waals surface area contributed by atoms with E-state index in [1.165, 1.54) is 11.1 Å². The molecule has 2 heterocycles. The Balaban J connectivity index is 1.48. The lowest BCUT2D eigenvalue weighted by Gasteiger charge is -2.36. The summed E-state index contributed by atoms with van der Waals surface area (Å²) in [6.45, 7) is 7.73.